The highest BCUT2D eigenvalue weighted by atomic mass is 32.2. The molecule has 0 spiro atoms. The molecule has 3 aromatic rings. The SMILES string of the molecule is O=[N+]([O-])c1cccc(S(=O)(=O)Nc2ccccc2-c2cn3c(n2)SCC3)c1. The molecule has 2 aromatic carbocycles. The predicted molar refractivity (Wildman–Crippen MR) is 102 cm³/mol. The first-order valence-electron chi connectivity index (χ1n) is 8.01. The van der Waals surface area contributed by atoms with Gasteiger partial charge < -0.3 is 4.57 Å². The van der Waals surface area contributed by atoms with Crippen LogP contribution < -0.4 is 4.72 Å². The smallest absolute Gasteiger partial charge is 0.270 e. The summed E-state index contributed by atoms with van der Waals surface area (Å²) in [6.07, 6.45) is 1.90. The predicted octanol–water partition coefficient (Wildman–Crippen LogP) is 3.36. The molecule has 1 aliphatic rings. The van der Waals surface area contributed by atoms with Crippen molar-refractivity contribution in [1.29, 1.82) is 0 Å². The van der Waals surface area contributed by atoms with Crippen LogP contribution in [0, 0.1) is 10.1 Å². The second-order valence-electron chi connectivity index (χ2n) is 5.86. The minimum Gasteiger partial charge on any atom is -0.325 e. The Labute approximate surface area is 159 Å². The lowest BCUT2D eigenvalue weighted by atomic mass is 10.1. The fourth-order valence-corrected chi connectivity index (χ4v) is 4.87. The molecule has 0 aliphatic carbocycles. The summed E-state index contributed by atoms with van der Waals surface area (Å²) in [7, 11) is -3.99. The van der Waals surface area contributed by atoms with E-state index < -0.39 is 14.9 Å². The number of nitro groups is 1. The lowest BCUT2D eigenvalue weighted by molar-refractivity contribution is -0.385. The van der Waals surface area contributed by atoms with Crippen LogP contribution in [0.25, 0.3) is 11.3 Å². The van der Waals surface area contributed by atoms with Gasteiger partial charge in [0.15, 0.2) is 5.16 Å². The number of benzene rings is 2. The maximum Gasteiger partial charge on any atom is 0.270 e. The molecule has 8 nitrogen and oxygen atoms in total. The molecular formula is C17H14N4O4S2. The van der Waals surface area contributed by atoms with Crippen molar-refractivity contribution in [2.75, 3.05) is 10.5 Å². The number of thioether (sulfide) groups is 1. The van der Waals surface area contributed by atoms with Crippen LogP contribution in [0.1, 0.15) is 0 Å². The summed E-state index contributed by atoms with van der Waals surface area (Å²) in [4.78, 5) is 14.7. The Morgan fingerprint density at radius 1 is 1.19 bits per heavy atom. The van der Waals surface area contributed by atoms with Crippen LogP contribution >= 0.6 is 11.8 Å². The Bertz CT molecular complexity index is 1120. The molecule has 0 fully saturated rings. The van der Waals surface area contributed by atoms with Crippen LogP contribution in [-0.2, 0) is 16.6 Å². The van der Waals surface area contributed by atoms with E-state index in [-0.39, 0.29) is 10.6 Å². The summed E-state index contributed by atoms with van der Waals surface area (Å²) < 4.78 is 30.0. The minimum atomic E-state index is -3.99. The summed E-state index contributed by atoms with van der Waals surface area (Å²) in [6.45, 7) is 0.870. The molecule has 1 aliphatic heterocycles. The third-order valence-corrected chi connectivity index (χ3v) is 6.42. The van der Waals surface area contributed by atoms with E-state index in [2.05, 4.69) is 9.71 Å². The van der Waals surface area contributed by atoms with Crippen molar-refractivity contribution in [2.24, 2.45) is 0 Å². The van der Waals surface area contributed by atoms with Gasteiger partial charge in [-0.2, -0.15) is 0 Å². The zero-order valence-electron chi connectivity index (χ0n) is 13.9. The second-order valence-corrected chi connectivity index (χ2v) is 8.60. The van der Waals surface area contributed by atoms with Crippen LogP contribution in [0.15, 0.2) is 64.8 Å². The zero-order chi connectivity index (χ0) is 19.0. The summed E-state index contributed by atoms with van der Waals surface area (Å²) in [5, 5.41) is 11.8. The molecule has 27 heavy (non-hydrogen) atoms. The molecule has 0 amide bonds. The number of aromatic nitrogens is 2. The number of hydrogen-bond donors (Lipinski definition) is 1. The summed E-state index contributed by atoms with van der Waals surface area (Å²) in [6, 6.07) is 11.9. The number of non-ortho nitro benzene ring substituents is 1. The molecule has 0 saturated heterocycles. The van der Waals surface area contributed by atoms with Crippen molar-refractivity contribution >= 4 is 33.2 Å². The first kappa shape index (κ1) is 17.6. The maximum absolute atomic E-state index is 12.7. The average molecular weight is 402 g/mol. The normalized spacial score (nSPS) is 13.3. The third-order valence-electron chi connectivity index (χ3n) is 4.09. The van der Waals surface area contributed by atoms with E-state index in [0.29, 0.717) is 16.9 Å². The van der Waals surface area contributed by atoms with E-state index in [0.717, 1.165) is 23.5 Å². The number of fused-ring (bicyclic) bond motifs is 1. The van der Waals surface area contributed by atoms with Gasteiger partial charge in [-0.1, -0.05) is 36.0 Å². The van der Waals surface area contributed by atoms with Crippen molar-refractivity contribution in [3.8, 4) is 11.3 Å². The number of nitrogens with one attached hydrogen (secondary N) is 1. The Morgan fingerprint density at radius 2 is 2.00 bits per heavy atom. The molecule has 2 heterocycles. The summed E-state index contributed by atoms with van der Waals surface area (Å²) >= 11 is 1.65. The van der Waals surface area contributed by atoms with Gasteiger partial charge in [0, 0.05) is 36.2 Å². The van der Waals surface area contributed by atoms with E-state index in [1.165, 1.54) is 18.2 Å². The zero-order valence-corrected chi connectivity index (χ0v) is 15.5. The van der Waals surface area contributed by atoms with Gasteiger partial charge >= 0.3 is 0 Å². The number of aryl methyl sites for hydroxylation is 1. The number of anilines is 1. The van der Waals surface area contributed by atoms with Crippen molar-refractivity contribution in [2.45, 2.75) is 16.6 Å². The van der Waals surface area contributed by atoms with Gasteiger partial charge in [-0.25, -0.2) is 13.4 Å². The largest absolute Gasteiger partial charge is 0.325 e. The van der Waals surface area contributed by atoms with Crippen LogP contribution in [-0.4, -0.2) is 28.6 Å². The van der Waals surface area contributed by atoms with E-state index in [1.807, 2.05) is 10.8 Å². The molecule has 0 unspecified atom stereocenters. The van der Waals surface area contributed by atoms with E-state index in [9.17, 15) is 18.5 Å². The van der Waals surface area contributed by atoms with Crippen LogP contribution in [0.4, 0.5) is 11.4 Å². The molecule has 0 saturated carbocycles. The van der Waals surface area contributed by atoms with Crippen molar-refractivity contribution in [3.63, 3.8) is 0 Å². The lowest BCUT2D eigenvalue weighted by Crippen LogP contribution is -2.13. The van der Waals surface area contributed by atoms with Gasteiger partial charge in [0.05, 0.1) is 21.2 Å². The van der Waals surface area contributed by atoms with E-state index in [1.54, 1.807) is 36.0 Å². The number of nitro benzene ring substituents is 1. The summed E-state index contributed by atoms with van der Waals surface area (Å²) in [5.41, 5.74) is 1.41. The first-order valence-corrected chi connectivity index (χ1v) is 10.5. The van der Waals surface area contributed by atoms with Crippen molar-refractivity contribution in [1.82, 2.24) is 9.55 Å². The van der Waals surface area contributed by atoms with Crippen molar-refractivity contribution in [3.05, 3.63) is 64.8 Å². The Balaban J connectivity index is 1.70. The van der Waals surface area contributed by atoms with Gasteiger partial charge in [0.2, 0.25) is 0 Å². The maximum atomic E-state index is 12.7. The van der Waals surface area contributed by atoms with Gasteiger partial charge in [-0.15, -0.1) is 0 Å². The van der Waals surface area contributed by atoms with Gasteiger partial charge in [0.25, 0.3) is 15.7 Å². The monoisotopic (exact) mass is 402 g/mol. The highest BCUT2D eigenvalue weighted by molar-refractivity contribution is 7.99. The number of rotatable bonds is 5. The van der Waals surface area contributed by atoms with E-state index in [4.69, 9.17) is 0 Å². The number of imidazole rings is 1. The third kappa shape index (κ3) is 3.40. The topological polar surface area (TPSA) is 107 Å². The van der Waals surface area contributed by atoms with Gasteiger partial charge in [0.1, 0.15) is 0 Å². The quantitative estimate of drug-likeness (QED) is 0.518. The van der Waals surface area contributed by atoms with E-state index >= 15 is 0 Å². The number of sulfonamides is 1. The minimum absolute atomic E-state index is 0.172. The molecule has 0 bridgehead atoms. The second kappa shape index (κ2) is 6.71. The number of hydrogen-bond acceptors (Lipinski definition) is 6. The molecule has 4 rings (SSSR count). The van der Waals surface area contributed by atoms with Crippen LogP contribution in [0.2, 0.25) is 0 Å². The Kier molecular flexibility index (Phi) is 4.36. The number of nitrogens with zero attached hydrogens (tertiary/aromatic N) is 3. The van der Waals surface area contributed by atoms with Crippen LogP contribution in [0.3, 0.4) is 0 Å². The molecule has 0 radical (unpaired) electrons. The Hall–Kier alpha value is -2.85. The fraction of sp³-hybridized carbons (Fsp3) is 0.118. The van der Waals surface area contributed by atoms with Gasteiger partial charge in [-0.05, 0) is 12.1 Å². The van der Waals surface area contributed by atoms with Crippen LogP contribution in [0.5, 0.6) is 0 Å². The standard InChI is InChI=1S/C17H14N4O4S2/c22-21(23)12-4-3-5-13(10-12)27(24,25)19-15-7-2-1-6-14(15)16-11-20-8-9-26-17(20)18-16/h1-7,10-11,19H,8-9H2. The summed E-state index contributed by atoms with van der Waals surface area (Å²) in [5.74, 6) is 0.976. The van der Waals surface area contributed by atoms with Crippen molar-refractivity contribution < 1.29 is 13.3 Å². The number of para-hydroxylation sites is 1. The molecular weight excluding hydrogens is 388 g/mol. The molecule has 1 aromatic heterocycles. The molecule has 10 heteroatoms. The fourth-order valence-electron chi connectivity index (χ4n) is 2.80. The molecule has 1 N–H and O–H groups in total. The highest BCUT2D eigenvalue weighted by Gasteiger charge is 2.21. The van der Waals surface area contributed by atoms with Gasteiger partial charge in [-0.3, -0.25) is 14.8 Å². The molecule has 138 valence electrons. The lowest BCUT2D eigenvalue weighted by Gasteiger charge is -2.11. The Morgan fingerprint density at radius 3 is 2.78 bits per heavy atom. The first-order chi connectivity index (χ1) is 12.9. The highest BCUT2D eigenvalue weighted by Crippen LogP contribution is 2.33. The molecule has 0 atom stereocenters. The average Bonchev–Trinajstić information content (AvgIpc) is 3.24.